The van der Waals surface area contributed by atoms with Crippen molar-refractivity contribution in [1.29, 1.82) is 0 Å². The molecule has 0 aliphatic carbocycles. The number of carbonyl (C=O) groups excluding carboxylic acids is 1. The second kappa shape index (κ2) is 8.88. The van der Waals surface area contributed by atoms with Crippen LogP contribution in [0.5, 0.6) is 0 Å². The Morgan fingerprint density at radius 3 is 2.00 bits per heavy atom. The van der Waals surface area contributed by atoms with Crippen LogP contribution < -0.4 is 10.6 Å². The Hall–Kier alpha value is -2.57. The molecule has 0 aliphatic rings. The molecule has 3 aromatic rings. The third kappa shape index (κ3) is 4.99. The Morgan fingerprint density at radius 2 is 1.48 bits per heavy atom. The summed E-state index contributed by atoms with van der Waals surface area (Å²) in [5, 5.41) is 5.44. The summed E-state index contributed by atoms with van der Waals surface area (Å²) < 4.78 is 14.6. The normalized spacial score (nSPS) is 10.5. The molecule has 2 N–H and O–H groups in total. The van der Waals surface area contributed by atoms with Gasteiger partial charge in [0.15, 0.2) is 5.11 Å². The fraction of sp³-hybridized carbons (Fsp3) is 0.0476. The van der Waals surface area contributed by atoms with E-state index in [1.54, 1.807) is 12.1 Å². The molecule has 1 amide bonds. The first-order valence-electron chi connectivity index (χ1n) is 8.21. The highest BCUT2D eigenvalue weighted by Gasteiger charge is 2.23. The van der Waals surface area contributed by atoms with Gasteiger partial charge in [0.05, 0.1) is 11.6 Å². The van der Waals surface area contributed by atoms with Crippen LogP contribution in [0.2, 0.25) is 0 Å². The van der Waals surface area contributed by atoms with Crippen molar-refractivity contribution in [2.45, 2.75) is 5.92 Å². The number of hydrogen-bond acceptors (Lipinski definition) is 2. The van der Waals surface area contributed by atoms with Gasteiger partial charge in [0.1, 0.15) is 5.82 Å². The zero-order chi connectivity index (χ0) is 19.2. The van der Waals surface area contributed by atoms with Gasteiger partial charge in [-0.3, -0.25) is 4.79 Å². The van der Waals surface area contributed by atoms with E-state index in [1.807, 2.05) is 60.7 Å². The average molecular weight is 443 g/mol. The standard InChI is InChI=1S/C21H16BrFN2OS/c22-16-11-12-18(17(23)13-16)24-21(27)25-20(26)19(14-7-3-1-4-8-14)15-9-5-2-6-10-15/h1-13,19H,(H2,24,25,26,27). The molecule has 0 unspecified atom stereocenters. The van der Waals surface area contributed by atoms with Crippen LogP contribution in [0.15, 0.2) is 83.3 Å². The molecule has 136 valence electrons. The molecule has 0 radical (unpaired) electrons. The fourth-order valence-corrected chi connectivity index (χ4v) is 3.26. The smallest absolute Gasteiger partial charge is 0.238 e. The second-order valence-corrected chi connectivity index (χ2v) is 7.15. The molecular formula is C21H16BrFN2OS. The topological polar surface area (TPSA) is 41.1 Å². The number of thiocarbonyl (C=S) groups is 1. The Balaban J connectivity index is 1.79. The molecule has 0 fully saturated rings. The molecule has 0 atom stereocenters. The van der Waals surface area contributed by atoms with Crippen LogP contribution in [0.1, 0.15) is 17.0 Å². The second-order valence-electron chi connectivity index (χ2n) is 5.82. The van der Waals surface area contributed by atoms with E-state index in [0.717, 1.165) is 11.1 Å². The third-order valence-corrected chi connectivity index (χ3v) is 4.64. The van der Waals surface area contributed by atoms with E-state index in [0.29, 0.717) is 4.47 Å². The molecule has 0 saturated heterocycles. The Bertz CT molecular complexity index is 911. The maximum absolute atomic E-state index is 14.0. The van der Waals surface area contributed by atoms with Crippen molar-refractivity contribution in [3.63, 3.8) is 0 Å². The molecule has 6 heteroatoms. The summed E-state index contributed by atoms with van der Waals surface area (Å²) in [5.74, 6) is -1.28. The summed E-state index contributed by atoms with van der Waals surface area (Å²) in [6.07, 6.45) is 0. The summed E-state index contributed by atoms with van der Waals surface area (Å²) in [4.78, 5) is 12.9. The van der Waals surface area contributed by atoms with E-state index >= 15 is 0 Å². The maximum Gasteiger partial charge on any atom is 0.238 e. The van der Waals surface area contributed by atoms with E-state index in [-0.39, 0.29) is 16.7 Å². The maximum atomic E-state index is 14.0. The van der Waals surface area contributed by atoms with E-state index in [1.165, 1.54) is 6.07 Å². The minimum absolute atomic E-state index is 0.0399. The number of rotatable bonds is 4. The Kier molecular flexibility index (Phi) is 6.32. The average Bonchev–Trinajstić information content (AvgIpc) is 2.66. The largest absolute Gasteiger partial charge is 0.330 e. The molecular weight excluding hydrogens is 427 g/mol. The summed E-state index contributed by atoms with van der Waals surface area (Å²) in [5.41, 5.74) is 1.89. The van der Waals surface area contributed by atoms with E-state index in [9.17, 15) is 9.18 Å². The van der Waals surface area contributed by atoms with Gasteiger partial charge in [-0.1, -0.05) is 76.6 Å². The molecule has 0 heterocycles. The first-order valence-corrected chi connectivity index (χ1v) is 9.41. The van der Waals surface area contributed by atoms with Crippen LogP contribution in [0.3, 0.4) is 0 Å². The van der Waals surface area contributed by atoms with Gasteiger partial charge in [-0.25, -0.2) is 4.39 Å². The minimum Gasteiger partial charge on any atom is -0.330 e. The lowest BCUT2D eigenvalue weighted by atomic mass is 9.90. The molecule has 3 aromatic carbocycles. The van der Waals surface area contributed by atoms with Crippen LogP contribution in [0, 0.1) is 5.82 Å². The van der Waals surface area contributed by atoms with Gasteiger partial charge in [-0.2, -0.15) is 0 Å². The minimum atomic E-state index is -0.526. The summed E-state index contributed by atoms with van der Waals surface area (Å²) in [7, 11) is 0. The molecule has 0 aliphatic heterocycles. The molecule has 0 aromatic heterocycles. The predicted molar refractivity (Wildman–Crippen MR) is 113 cm³/mol. The SMILES string of the molecule is O=C(NC(=S)Nc1ccc(Br)cc1F)C(c1ccccc1)c1ccccc1. The van der Waals surface area contributed by atoms with Crippen LogP contribution >= 0.6 is 28.1 Å². The van der Waals surface area contributed by atoms with Gasteiger partial charge < -0.3 is 10.6 Å². The van der Waals surface area contributed by atoms with Gasteiger partial charge in [-0.15, -0.1) is 0 Å². The molecule has 0 saturated carbocycles. The van der Waals surface area contributed by atoms with Gasteiger partial charge in [0.2, 0.25) is 5.91 Å². The highest BCUT2D eigenvalue weighted by Crippen LogP contribution is 2.25. The lowest BCUT2D eigenvalue weighted by Crippen LogP contribution is -2.38. The van der Waals surface area contributed by atoms with Crippen molar-refractivity contribution >= 4 is 44.9 Å². The van der Waals surface area contributed by atoms with Gasteiger partial charge in [0.25, 0.3) is 0 Å². The monoisotopic (exact) mass is 442 g/mol. The van der Waals surface area contributed by atoms with E-state index in [2.05, 4.69) is 26.6 Å². The third-order valence-electron chi connectivity index (χ3n) is 3.94. The molecule has 0 spiro atoms. The Labute approximate surface area is 170 Å². The highest BCUT2D eigenvalue weighted by atomic mass is 79.9. The van der Waals surface area contributed by atoms with Gasteiger partial charge >= 0.3 is 0 Å². The van der Waals surface area contributed by atoms with Crippen molar-refractivity contribution in [2.24, 2.45) is 0 Å². The van der Waals surface area contributed by atoms with E-state index in [4.69, 9.17) is 12.2 Å². The summed E-state index contributed by atoms with van der Waals surface area (Å²) >= 11 is 8.41. The van der Waals surface area contributed by atoms with Crippen molar-refractivity contribution < 1.29 is 9.18 Å². The summed E-state index contributed by atoms with van der Waals surface area (Å²) in [6.45, 7) is 0. The summed E-state index contributed by atoms with van der Waals surface area (Å²) in [6, 6.07) is 23.4. The quantitative estimate of drug-likeness (QED) is 0.543. The number of benzene rings is 3. The van der Waals surface area contributed by atoms with Crippen LogP contribution in [-0.4, -0.2) is 11.0 Å². The van der Waals surface area contributed by atoms with Gasteiger partial charge in [-0.05, 0) is 41.5 Å². The van der Waals surface area contributed by atoms with Crippen molar-refractivity contribution in [1.82, 2.24) is 5.32 Å². The van der Waals surface area contributed by atoms with Crippen molar-refractivity contribution in [2.75, 3.05) is 5.32 Å². The first kappa shape index (κ1) is 19.2. The van der Waals surface area contributed by atoms with E-state index < -0.39 is 11.7 Å². The molecule has 3 nitrogen and oxygen atoms in total. The lowest BCUT2D eigenvalue weighted by molar-refractivity contribution is -0.120. The molecule has 3 rings (SSSR count). The Morgan fingerprint density at radius 1 is 0.926 bits per heavy atom. The van der Waals surface area contributed by atoms with Crippen molar-refractivity contribution in [3.8, 4) is 0 Å². The first-order chi connectivity index (χ1) is 13.0. The zero-order valence-electron chi connectivity index (χ0n) is 14.2. The number of carbonyl (C=O) groups is 1. The predicted octanol–water partition coefficient (Wildman–Crippen LogP) is 5.23. The zero-order valence-corrected chi connectivity index (χ0v) is 16.6. The van der Waals surface area contributed by atoms with Gasteiger partial charge in [0, 0.05) is 4.47 Å². The van der Waals surface area contributed by atoms with Crippen LogP contribution in [0.25, 0.3) is 0 Å². The van der Waals surface area contributed by atoms with Crippen LogP contribution in [-0.2, 0) is 4.79 Å². The number of hydrogen-bond donors (Lipinski definition) is 2. The number of amides is 1. The number of halogens is 2. The lowest BCUT2D eigenvalue weighted by Gasteiger charge is -2.19. The van der Waals surface area contributed by atoms with Crippen molar-refractivity contribution in [3.05, 3.63) is 100 Å². The molecule has 27 heavy (non-hydrogen) atoms. The highest BCUT2D eigenvalue weighted by molar-refractivity contribution is 9.10. The number of anilines is 1. The molecule has 0 bridgehead atoms. The number of nitrogens with one attached hydrogen (secondary N) is 2. The van der Waals surface area contributed by atoms with Crippen LogP contribution in [0.4, 0.5) is 10.1 Å². The fourth-order valence-electron chi connectivity index (χ4n) is 2.71.